The lowest BCUT2D eigenvalue weighted by Gasteiger charge is -2.35. The summed E-state index contributed by atoms with van der Waals surface area (Å²) in [7, 11) is 0. The molecule has 0 saturated carbocycles. The summed E-state index contributed by atoms with van der Waals surface area (Å²) in [6.07, 6.45) is 3.30. The molecule has 0 spiro atoms. The van der Waals surface area contributed by atoms with Crippen molar-refractivity contribution in [1.82, 2.24) is 10.6 Å². The van der Waals surface area contributed by atoms with Crippen molar-refractivity contribution in [2.45, 2.75) is 31.3 Å². The van der Waals surface area contributed by atoms with Crippen molar-refractivity contribution < 1.29 is 8.78 Å². The van der Waals surface area contributed by atoms with Crippen molar-refractivity contribution >= 4 is 5.69 Å². The van der Waals surface area contributed by atoms with Gasteiger partial charge in [0.2, 0.25) is 0 Å². The SMILES string of the molecule is Fc1ccc(N2CCC(NC3CCNC3)CC2)cc1F. The van der Waals surface area contributed by atoms with Gasteiger partial charge in [-0.2, -0.15) is 0 Å². The molecule has 0 radical (unpaired) electrons. The number of anilines is 1. The predicted octanol–water partition coefficient (Wildman–Crippen LogP) is 1.89. The summed E-state index contributed by atoms with van der Waals surface area (Å²) in [5.74, 6) is -1.54. The molecular formula is C15H21F2N3. The Morgan fingerprint density at radius 3 is 2.50 bits per heavy atom. The number of rotatable bonds is 3. The smallest absolute Gasteiger partial charge is 0.160 e. The van der Waals surface area contributed by atoms with E-state index in [2.05, 4.69) is 15.5 Å². The zero-order valence-electron chi connectivity index (χ0n) is 11.5. The maximum absolute atomic E-state index is 13.3. The molecule has 1 aromatic rings. The molecule has 2 fully saturated rings. The maximum atomic E-state index is 13.3. The monoisotopic (exact) mass is 281 g/mol. The molecule has 2 heterocycles. The Bertz CT molecular complexity index is 452. The van der Waals surface area contributed by atoms with E-state index in [0.717, 1.165) is 44.7 Å². The molecule has 2 aliphatic heterocycles. The second kappa shape index (κ2) is 6.06. The van der Waals surface area contributed by atoms with Crippen molar-refractivity contribution in [3.05, 3.63) is 29.8 Å². The second-order valence-electron chi connectivity index (χ2n) is 5.72. The topological polar surface area (TPSA) is 27.3 Å². The van der Waals surface area contributed by atoms with Crippen LogP contribution in [0.3, 0.4) is 0 Å². The van der Waals surface area contributed by atoms with Gasteiger partial charge in [-0.15, -0.1) is 0 Å². The molecule has 2 aliphatic rings. The fraction of sp³-hybridized carbons (Fsp3) is 0.600. The third kappa shape index (κ3) is 3.10. The van der Waals surface area contributed by atoms with Gasteiger partial charge in [-0.1, -0.05) is 0 Å². The molecule has 2 N–H and O–H groups in total. The van der Waals surface area contributed by atoms with E-state index in [1.165, 1.54) is 18.6 Å². The molecule has 110 valence electrons. The first-order valence-electron chi connectivity index (χ1n) is 7.39. The second-order valence-corrected chi connectivity index (χ2v) is 5.72. The summed E-state index contributed by atoms with van der Waals surface area (Å²) >= 11 is 0. The molecule has 0 amide bonds. The van der Waals surface area contributed by atoms with Crippen LogP contribution >= 0.6 is 0 Å². The van der Waals surface area contributed by atoms with Gasteiger partial charge in [0.1, 0.15) is 0 Å². The predicted molar refractivity (Wildman–Crippen MR) is 76.0 cm³/mol. The standard InChI is InChI=1S/C15H21F2N3/c16-14-2-1-13(9-15(14)17)20-7-4-11(5-8-20)19-12-3-6-18-10-12/h1-2,9,11-12,18-19H,3-8,10H2. The Morgan fingerprint density at radius 2 is 1.85 bits per heavy atom. The Balaban J connectivity index is 1.53. The third-order valence-electron chi connectivity index (χ3n) is 4.30. The van der Waals surface area contributed by atoms with Crippen LogP contribution in [0.4, 0.5) is 14.5 Å². The first-order chi connectivity index (χ1) is 9.72. The van der Waals surface area contributed by atoms with Crippen molar-refractivity contribution in [1.29, 1.82) is 0 Å². The van der Waals surface area contributed by atoms with Gasteiger partial charge in [0, 0.05) is 43.5 Å². The summed E-state index contributed by atoms with van der Waals surface area (Å²) in [5.41, 5.74) is 0.782. The van der Waals surface area contributed by atoms with E-state index >= 15 is 0 Å². The van der Waals surface area contributed by atoms with Gasteiger partial charge in [-0.3, -0.25) is 0 Å². The number of nitrogens with one attached hydrogen (secondary N) is 2. The molecule has 2 saturated heterocycles. The normalized spacial score (nSPS) is 24.3. The zero-order valence-corrected chi connectivity index (χ0v) is 11.5. The zero-order chi connectivity index (χ0) is 13.9. The molecule has 1 atom stereocenters. The Morgan fingerprint density at radius 1 is 1.05 bits per heavy atom. The van der Waals surface area contributed by atoms with Crippen LogP contribution in [0.2, 0.25) is 0 Å². The molecular weight excluding hydrogens is 260 g/mol. The van der Waals surface area contributed by atoms with Crippen molar-refractivity contribution in [3.63, 3.8) is 0 Å². The highest BCUT2D eigenvalue weighted by Gasteiger charge is 2.23. The maximum Gasteiger partial charge on any atom is 0.160 e. The summed E-state index contributed by atoms with van der Waals surface area (Å²) < 4.78 is 26.2. The van der Waals surface area contributed by atoms with E-state index < -0.39 is 11.6 Å². The minimum absolute atomic E-state index is 0.543. The number of nitrogens with zero attached hydrogens (tertiary/aromatic N) is 1. The highest BCUT2D eigenvalue weighted by atomic mass is 19.2. The van der Waals surface area contributed by atoms with Gasteiger partial charge >= 0.3 is 0 Å². The van der Waals surface area contributed by atoms with E-state index in [1.54, 1.807) is 6.07 Å². The number of benzene rings is 1. The van der Waals surface area contributed by atoms with Gasteiger partial charge in [-0.25, -0.2) is 8.78 Å². The molecule has 20 heavy (non-hydrogen) atoms. The molecule has 1 unspecified atom stereocenters. The molecule has 0 aliphatic carbocycles. The number of hydrogen-bond donors (Lipinski definition) is 2. The van der Waals surface area contributed by atoms with Gasteiger partial charge in [0.25, 0.3) is 0 Å². The quantitative estimate of drug-likeness (QED) is 0.886. The van der Waals surface area contributed by atoms with E-state index in [9.17, 15) is 8.78 Å². The minimum atomic E-state index is -0.779. The van der Waals surface area contributed by atoms with Crippen molar-refractivity contribution in [2.24, 2.45) is 0 Å². The summed E-state index contributed by atoms with van der Waals surface area (Å²) in [5, 5.41) is 7.05. The Kier molecular flexibility index (Phi) is 4.17. The van der Waals surface area contributed by atoms with Crippen LogP contribution in [0.25, 0.3) is 0 Å². The van der Waals surface area contributed by atoms with E-state index in [1.807, 2.05) is 0 Å². The lowest BCUT2D eigenvalue weighted by Crippen LogP contribution is -2.46. The fourth-order valence-corrected chi connectivity index (χ4v) is 3.12. The highest BCUT2D eigenvalue weighted by molar-refractivity contribution is 5.47. The van der Waals surface area contributed by atoms with E-state index in [-0.39, 0.29) is 0 Å². The molecule has 1 aromatic carbocycles. The van der Waals surface area contributed by atoms with Crippen LogP contribution in [0, 0.1) is 11.6 Å². The number of piperidine rings is 1. The molecule has 0 bridgehead atoms. The van der Waals surface area contributed by atoms with Crippen molar-refractivity contribution in [3.8, 4) is 0 Å². The van der Waals surface area contributed by atoms with Crippen LogP contribution in [0.15, 0.2) is 18.2 Å². The van der Waals surface area contributed by atoms with Crippen LogP contribution in [0.5, 0.6) is 0 Å². The largest absolute Gasteiger partial charge is 0.371 e. The summed E-state index contributed by atoms with van der Waals surface area (Å²) in [4.78, 5) is 2.13. The van der Waals surface area contributed by atoms with Gasteiger partial charge < -0.3 is 15.5 Å². The lowest BCUT2D eigenvalue weighted by atomic mass is 10.0. The Hall–Kier alpha value is -1.20. The van der Waals surface area contributed by atoms with Crippen molar-refractivity contribution in [2.75, 3.05) is 31.1 Å². The molecule has 5 heteroatoms. The van der Waals surface area contributed by atoms with Gasteiger partial charge in [0.15, 0.2) is 11.6 Å². The molecule has 0 aromatic heterocycles. The first-order valence-corrected chi connectivity index (χ1v) is 7.39. The van der Waals surface area contributed by atoms with Crippen LogP contribution in [-0.4, -0.2) is 38.3 Å². The number of halogens is 2. The summed E-state index contributed by atoms with van der Waals surface area (Å²) in [6.45, 7) is 3.94. The van der Waals surface area contributed by atoms with E-state index in [0.29, 0.717) is 12.1 Å². The van der Waals surface area contributed by atoms with Crippen LogP contribution in [-0.2, 0) is 0 Å². The highest BCUT2D eigenvalue weighted by Crippen LogP contribution is 2.22. The Labute approximate surface area is 118 Å². The third-order valence-corrected chi connectivity index (χ3v) is 4.30. The van der Waals surface area contributed by atoms with Gasteiger partial charge in [0.05, 0.1) is 0 Å². The molecule has 3 rings (SSSR count). The lowest BCUT2D eigenvalue weighted by molar-refractivity contribution is 0.375. The fourth-order valence-electron chi connectivity index (χ4n) is 3.12. The van der Waals surface area contributed by atoms with Gasteiger partial charge in [-0.05, 0) is 37.9 Å². The van der Waals surface area contributed by atoms with Crippen LogP contribution < -0.4 is 15.5 Å². The van der Waals surface area contributed by atoms with E-state index in [4.69, 9.17) is 0 Å². The summed E-state index contributed by atoms with van der Waals surface area (Å²) in [6, 6.07) is 5.30. The number of hydrogen-bond acceptors (Lipinski definition) is 3. The molecule has 3 nitrogen and oxygen atoms in total. The van der Waals surface area contributed by atoms with Crippen LogP contribution in [0.1, 0.15) is 19.3 Å². The first kappa shape index (κ1) is 13.8. The average molecular weight is 281 g/mol. The average Bonchev–Trinajstić information content (AvgIpc) is 2.96. The minimum Gasteiger partial charge on any atom is -0.371 e.